The number of amides is 3. The lowest BCUT2D eigenvalue weighted by Crippen LogP contribution is -2.29. The van der Waals surface area contributed by atoms with Crippen molar-refractivity contribution >= 4 is 34.9 Å². The standard InChI is InChI=1S/C16H19N3O4S/c20-14(18-23)7-3-1-2-4-9-19-15(21)13(24-16(19)22)10-12-6-5-8-17-11-12/h5-6,8,10-11,23H,1-4,7,9H2,(H,18,20). The topological polar surface area (TPSA) is 99.6 Å². The zero-order chi connectivity index (χ0) is 17.4. The predicted octanol–water partition coefficient (Wildman–Crippen LogP) is 2.57. The summed E-state index contributed by atoms with van der Waals surface area (Å²) in [6.45, 7) is 0.376. The molecule has 0 aliphatic carbocycles. The highest BCUT2D eigenvalue weighted by atomic mass is 32.2. The molecule has 1 fully saturated rings. The molecule has 1 aliphatic rings. The summed E-state index contributed by atoms with van der Waals surface area (Å²) in [7, 11) is 0. The highest BCUT2D eigenvalue weighted by Gasteiger charge is 2.34. The van der Waals surface area contributed by atoms with Crippen molar-refractivity contribution in [2.75, 3.05) is 6.54 Å². The van der Waals surface area contributed by atoms with Crippen LogP contribution >= 0.6 is 11.8 Å². The van der Waals surface area contributed by atoms with E-state index in [1.807, 2.05) is 6.07 Å². The summed E-state index contributed by atoms with van der Waals surface area (Å²) in [5.74, 6) is -0.671. The summed E-state index contributed by atoms with van der Waals surface area (Å²) in [5.41, 5.74) is 2.37. The van der Waals surface area contributed by atoms with E-state index in [1.54, 1.807) is 30.0 Å². The fourth-order valence-electron chi connectivity index (χ4n) is 2.27. The first-order valence-electron chi connectivity index (χ1n) is 7.70. The van der Waals surface area contributed by atoms with Gasteiger partial charge in [-0.1, -0.05) is 18.9 Å². The van der Waals surface area contributed by atoms with Gasteiger partial charge in [0.05, 0.1) is 4.91 Å². The molecule has 1 aromatic rings. The van der Waals surface area contributed by atoms with Gasteiger partial charge in [-0.3, -0.25) is 29.5 Å². The van der Waals surface area contributed by atoms with Gasteiger partial charge in [-0.25, -0.2) is 5.48 Å². The highest BCUT2D eigenvalue weighted by molar-refractivity contribution is 8.18. The highest BCUT2D eigenvalue weighted by Crippen LogP contribution is 2.32. The summed E-state index contributed by atoms with van der Waals surface area (Å²) in [6, 6.07) is 3.59. The van der Waals surface area contributed by atoms with Crippen LogP contribution < -0.4 is 5.48 Å². The maximum atomic E-state index is 12.3. The molecule has 0 radical (unpaired) electrons. The van der Waals surface area contributed by atoms with Crippen molar-refractivity contribution in [3.8, 4) is 0 Å². The molecule has 2 N–H and O–H groups in total. The molecular formula is C16H19N3O4S. The number of nitrogens with zero attached hydrogens (tertiary/aromatic N) is 2. The van der Waals surface area contributed by atoms with Gasteiger partial charge in [0.15, 0.2) is 0 Å². The fraction of sp³-hybridized carbons (Fsp3) is 0.375. The molecule has 7 nitrogen and oxygen atoms in total. The van der Waals surface area contributed by atoms with Crippen molar-refractivity contribution in [3.63, 3.8) is 0 Å². The molecule has 128 valence electrons. The van der Waals surface area contributed by atoms with Crippen molar-refractivity contribution in [3.05, 3.63) is 35.0 Å². The van der Waals surface area contributed by atoms with Crippen molar-refractivity contribution in [2.45, 2.75) is 32.1 Å². The quantitative estimate of drug-likeness (QED) is 0.324. The van der Waals surface area contributed by atoms with Crippen LogP contribution in [0.4, 0.5) is 4.79 Å². The number of hydrogen-bond donors (Lipinski definition) is 2. The monoisotopic (exact) mass is 349 g/mol. The van der Waals surface area contributed by atoms with E-state index >= 15 is 0 Å². The maximum absolute atomic E-state index is 12.3. The van der Waals surface area contributed by atoms with E-state index in [-0.39, 0.29) is 17.6 Å². The number of carbonyl (C=O) groups excluding carboxylic acids is 3. The number of hydroxylamine groups is 1. The number of pyridine rings is 1. The largest absolute Gasteiger partial charge is 0.293 e. The molecular weight excluding hydrogens is 330 g/mol. The number of thioether (sulfide) groups is 1. The van der Waals surface area contributed by atoms with Crippen molar-refractivity contribution in [1.82, 2.24) is 15.4 Å². The number of hydrogen-bond acceptors (Lipinski definition) is 6. The molecule has 24 heavy (non-hydrogen) atoms. The van der Waals surface area contributed by atoms with Crippen LogP contribution in [0.25, 0.3) is 6.08 Å². The lowest BCUT2D eigenvalue weighted by Gasteiger charge is -2.11. The lowest BCUT2D eigenvalue weighted by atomic mass is 10.1. The summed E-state index contributed by atoms with van der Waals surface area (Å²) >= 11 is 0.942. The molecule has 0 saturated carbocycles. The molecule has 1 aromatic heterocycles. The minimum atomic E-state index is -0.401. The van der Waals surface area contributed by atoms with Crippen LogP contribution in [-0.2, 0) is 9.59 Å². The smallest absolute Gasteiger partial charge is 0.289 e. The minimum Gasteiger partial charge on any atom is -0.289 e. The van der Waals surface area contributed by atoms with Gasteiger partial charge in [0, 0.05) is 25.4 Å². The Hall–Kier alpha value is -2.19. The third-order valence-electron chi connectivity index (χ3n) is 3.52. The number of imide groups is 1. The van der Waals surface area contributed by atoms with Gasteiger partial charge >= 0.3 is 0 Å². The molecule has 0 bridgehead atoms. The molecule has 1 aliphatic heterocycles. The van der Waals surface area contributed by atoms with Crippen molar-refractivity contribution in [1.29, 1.82) is 0 Å². The first kappa shape index (κ1) is 18.2. The Kier molecular flexibility index (Phi) is 6.95. The summed E-state index contributed by atoms with van der Waals surface area (Å²) in [4.78, 5) is 40.7. The summed E-state index contributed by atoms with van der Waals surface area (Å²) in [6.07, 6.45) is 8.19. The van der Waals surface area contributed by atoms with Crippen molar-refractivity contribution in [2.24, 2.45) is 0 Å². The van der Waals surface area contributed by atoms with Crippen LogP contribution in [-0.4, -0.2) is 38.7 Å². The SMILES string of the molecule is O=C(CCCCCCN1C(=O)SC(=Cc2cccnc2)C1=O)NO. The Bertz CT molecular complexity index is 633. The van der Waals surface area contributed by atoms with Gasteiger partial charge in [0.2, 0.25) is 5.91 Å². The second-order valence-electron chi connectivity index (χ2n) is 5.32. The van der Waals surface area contributed by atoms with E-state index < -0.39 is 5.91 Å². The van der Waals surface area contributed by atoms with Gasteiger partial charge in [0.25, 0.3) is 11.1 Å². The fourth-order valence-corrected chi connectivity index (χ4v) is 3.14. The predicted molar refractivity (Wildman–Crippen MR) is 89.9 cm³/mol. The maximum Gasteiger partial charge on any atom is 0.293 e. The molecule has 0 unspecified atom stereocenters. The van der Waals surface area contributed by atoms with Gasteiger partial charge in [0.1, 0.15) is 0 Å². The third kappa shape index (κ3) is 5.17. The Morgan fingerprint density at radius 2 is 2.08 bits per heavy atom. The molecule has 0 spiro atoms. The zero-order valence-corrected chi connectivity index (χ0v) is 13.9. The minimum absolute atomic E-state index is 0.255. The second kappa shape index (κ2) is 9.19. The van der Waals surface area contributed by atoms with Crippen LogP contribution in [0.15, 0.2) is 29.4 Å². The van der Waals surface area contributed by atoms with Crippen LogP contribution in [0.2, 0.25) is 0 Å². The van der Waals surface area contributed by atoms with Crippen LogP contribution in [0.5, 0.6) is 0 Å². The normalized spacial score (nSPS) is 16.0. The molecule has 2 rings (SSSR count). The number of rotatable bonds is 8. The van der Waals surface area contributed by atoms with Crippen LogP contribution in [0.1, 0.15) is 37.7 Å². The zero-order valence-electron chi connectivity index (χ0n) is 13.1. The van der Waals surface area contributed by atoms with E-state index in [4.69, 9.17) is 5.21 Å². The van der Waals surface area contributed by atoms with E-state index in [9.17, 15) is 14.4 Å². The first-order valence-corrected chi connectivity index (χ1v) is 8.52. The summed E-state index contributed by atoms with van der Waals surface area (Å²) in [5, 5.41) is 8.12. The Morgan fingerprint density at radius 3 is 2.79 bits per heavy atom. The summed E-state index contributed by atoms with van der Waals surface area (Å²) < 4.78 is 0. The van der Waals surface area contributed by atoms with Gasteiger partial charge in [-0.2, -0.15) is 0 Å². The van der Waals surface area contributed by atoms with E-state index in [1.165, 1.54) is 4.90 Å². The molecule has 0 aromatic carbocycles. The van der Waals surface area contributed by atoms with Crippen molar-refractivity contribution < 1.29 is 19.6 Å². The van der Waals surface area contributed by atoms with Gasteiger partial charge < -0.3 is 0 Å². The van der Waals surface area contributed by atoms with E-state index in [0.29, 0.717) is 24.3 Å². The van der Waals surface area contributed by atoms with E-state index in [0.717, 1.165) is 30.2 Å². The number of aromatic nitrogens is 1. The number of carbonyl (C=O) groups is 3. The lowest BCUT2D eigenvalue weighted by molar-refractivity contribution is -0.129. The average molecular weight is 349 g/mol. The number of unbranched alkanes of at least 4 members (excludes halogenated alkanes) is 3. The molecule has 1 saturated heterocycles. The average Bonchev–Trinajstić information content (AvgIpc) is 2.85. The van der Waals surface area contributed by atoms with Crippen LogP contribution in [0, 0.1) is 0 Å². The number of nitrogens with one attached hydrogen (secondary N) is 1. The third-order valence-corrected chi connectivity index (χ3v) is 4.42. The molecule has 3 amide bonds. The molecule has 8 heteroatoms. The van der Waals surface area contributed by atoms with E-state index in [2.05, 4.69) is 4.98 Å². The molecule has 0 atom stereocenters. The second-order valence-corrected chi connectivity index (χ2v) is 6.31. The first-order chi connectivity index (χ1) is 11.6. The Morgan fingerprint density at radius 1 is 1.29 bits per heavy atom. The molecule has 2 heterocycles. The van der Waals surface area contributed by atoms with Gasteiger partial charge in [-0.15, -0.1) is 0 Å². The van der Waals surface area contributed by atoms with Gasteiger partial charge in [-0.05, 0) is 42.3 Å². The Labute approximate surface area is 144 Å². The Balaban J connectivity index is 1.78. The van der Waals surface area contributed by atoms with Crippen LogP contribution in [0.3, 0.4) is 0 Å².